The second-order valence-electron chi connectivity index (χ2n) is 7.34. The predicted molar refractivity (Wildman–Crippen MR) is 107 cm³/mol. The summed E-state index contributed by atoms with van der Waals surface area (Å²) in [7, 11) is -3.68. The molecule has 1 saturated carbocycles. The van der Waals surface area contributed by atoms with Crippen molar-refractivity contribution in [1.29, 1.82) is 0 Å². The number of amides is 1. The van der Waals surface area contributed by atoms with E-state index in [0.717, 1.165) is 12.8 Å². The number of carbonyl (C=O) groups excluding carboxylic acids is 1. The second-order valence-corrected chi connectivity index (χ2v) is 9.03. The maximum Gasteiger partial charge on any atom is 0.261 e. The zero-order valence-electron chi connectivity index (χ0n) is 15.7. The maximum atomic E-state index is 12.5. The Bertz CT molecular complexity index is 879. The lowest BCUT2D eigenvalue weighted by molar-refractivity contribution is 0.0891. The number of carbonyl (C=O) groups is 1. The van der Waals surface area contributed by atoms with Gasteiger partial charge in [-0.2, -0.15) is 0 Å². The van der Waals surface area contributed by atoms with E-state index in [1.54, 1.807) is 36.4 Å². The molecule has 2 N–H and O–H groups in total. The highest BCUT2D eigenvalue weighted by atomic mass is 32.2. The van der Waals surface area contributed by atoms with Gasteiger partial charge in [0.05, 0.1) is 4.90 Å². The summed E-state index contributed by atoms with van der Waals surface area (Å²) in [5.41, 5.74) is 0.971. The van der Waals surface area contributed by atoms with Crippen molar-refractivity contribution in [3.63, 3.8) is 0 Å². The molecule has 0 aromatic heterocycles. The van der Waals surface area contributed by atoms with E-state index in [1.165, 1.54) is 18.6 Å². The molecule has 1 amide bonds. The van der Waals surface area contributed by atoms with Crippen LogP contribution >= 0.6 is 0 Å². The lowest BCUT2D eigenvalue weighted by atomic mass is 9.78. The van der Waals surface area contributed by atoms with Gasteiger partial charge in [0.25, 0.3) is 15.9 Å². The normalized spacial score (nSPS) is 22.8. The molecule has 0 heterocycles. The van der Waals surface area contributed by atoms with E-state index in [-0.39, 0.29) is 16.8 Å². The zero-order valence-corrected chi connectivity index (χ0v) is 16.5. The van der Waals surface area contributed by atoms with Crippen molar-refractivity contribution in [3.8, 4) is 0 Å². The van der Waals surface area contributed by atoms with Crippen molar-refractivity contribution in [3.05, 3.63) is 60.2 Å². The summed E-state index contributed by atoms with van der Waals surface area (Å²) in [5.74, 6) is 0.888. The first-order valence-corrected chi connectivity index (χ1v) is 10.8. The first-order chi connectivity index (χ1) is 12.9. The summed E-state index contributed by atoms with van der Waals surface area (Å²) in [6.07, 6.45) is 3.32. The third-order valence-corrected chi connectivity index (χ3v) is 6.87. The number of anilines is 1. The molecule has 5 nitrogen and oxygen atoms in total. The van der Waals surface area contributed by atoms with Crippen molar-refractivity contribution >= 4 is 21.6 Å². The lowest BCUT2D eigenvalue weighted by Gasteiger charge is -2.34. The van der Waals surface area contributed by atoms with Crippen LogP contribution < -0.4 is 10.0 Å². The average Bonchev–Trinajstić information content (AvgIpc) is 2.66. The smallest absolute Gasteiger partial charge is 0.261 e. The van der Waals surface area contributed by atoms with Crippen LogP contribution in [0.15, 0.2) is 59.5 Å². The first kappa shape index (κ1) is 19.4. The molecule has 2 aromatic rings. The van der Waals surface area contributed by atoms with Crippen LogP contribution in [0.25, 0.3) is 0 Å². The molecule has 0 unspecified atom stereocenters. The van der Waals surface area contributed by atoms with Gasteiger partial charge in [0.1, 0.15) is 0 Å². The van der Waals surface area contributed by atoms with Crippen LogP contribution in [-0.2, 0) is 10.0 Å². The van der Waals surface area contributed by atoms with E-state index in [2.05, 4.69) is 23.9 Å². The van der Waals surface area contributed by atoms with Crippen LogP contribution in [0.1, 0.15) is 43.5 Å². The summed E-state index contributed by atoms with van der Waals surface area (Å²) >= 11 is 0. The molecule has 1 aliphatic rings. The Morgan fingerprint density at radius 1 is 0.963 bits per heavy atom. The number of para-hydroxylation sites is 1. The molecule has 3 rings (SSSR count). The highest BCUT2D eigenvalue weighted by Crippen LogP contribution is 2.29. The molecule has 1 fully saturated rings. The molecule has 0 spiro atoms. The molecule has 0 bridgehead atoms. The van der Waals surface area contributed by atoms with Gasteiger partial charge in [-0.05, 0) is 54.7 Å². The number of hydrogen-bond acceptors (Lipinski definition) is 3. The molecule has 27 heavy (non-hydrogen) atoms. The fraction of sp³-hybridized carbons (Fsp3) is 0.381. The molecule has 3 atom stereocenters. The van der Waals surface area contributed by atoms with Gasteiger partial charge in [-0.15, -0.1) is 0 Å². The largest absolute Gasteiger partial charge is 0.349 e. The van der Waals surface area contributed by atoms with Crippen molar-refractivity contribution in [1.82, 2.24) is 5.32 Å². The number of benzene rings is 2. The molecule has 0 saturated heterocycles. The topological polar surface area (TPSA) is 75.3 Å². The maximum absolute atomic E-state index is 12.5. The van der Waals surface area contributed by atoms with Gasteiger partial charge < -0.3 is 5.32 Å². The van der Waals surface area contributed by atoms with E-state index >= 15 is 0 Å². The third kappa shape index (κ3) is 4.69. The van der Waals surface area contributed by atoms with Crippen LogP contribution in [0, 0.1) is 11.8 Å². The van der Waals surface area contributed by atoms with E-state index < -0.39 is 10.0 Å². The lowest BCUT2D eigenvalue weighted by Crippen LogP contribution is -2.43. The standard InChI is InChI=1S/C21H26N2O3S/c1-15-7-6-10-20(16(15)2)22-21(24)17-11-13-19(14-12-17)27(25,26)23-18-8-4-3-5-9-18/h3-5,8-9,11-16,20,23H,6-7,10H2,1-2H3,(H,22,24)/t15-,16+,20-/m0/s1. The van der Waals surface area contributed by atoms with Gasteiger partial charge in [0, 0.05) is 17.3 Å². The summed E-state index contributed by atoms with van der Waals surface area (Å²) in [6.45, 7) is 4.40. The van der Waals surface area contributed by atoms with Gasteiger partial charge >= 0.3 is 0 Å². The van der Waals surface area contributed by atoms with E-state index in [0.29, 0.717) is 23.1 Å². The average molecular weight is 387 g/mol. The summed E-state index contributed by atoms with van der Waals surface area (Å²) < 4.78 is 27.5. The minimum absolute atomic E-state index is 0.127. The van der Waals surface area contributed by atoms with Gasteiger partial charge in [-0.25, -0.2) is 8.42 Å². The van der Waals surface area contributed by atoms with Gasteiger partial charge in [0.2, 0.25) is 0 Å². The summed E-state index contributed by atoms with van der Waals surface area (Å²) in [5, 5.41) is 3.11. The quantitative estimate of drug-likeness (QED) is 0.814. The van der Waals surface area contributed by atoms with Gasteiger partial charge in [-0.1, -0.05) is 44.9 Å². The summed E-state index contributed by atoms with van der Waals surface area (Å²) in [4.78, 5) is 12.7. The SMILES string of the molecule is C[C@H]1[C@@H](NC(=O)c2ccc(S(=O)(=O)Nc3ccccc3)cc2)CCC[C@@H]1C. The van der Waals surface area contributed by atoms with Gasteiger partial charge in [0.15, 0.2) is 0 Å². The van der Waals surface area contributed by atoms with Crippen LogP contribution in [-0.4, -0.2) is 20.4 Å². The van der Waals surface area contributed by atoms with E-state index in [4.69, 9.17) is 0 Å². The Morgan fingerprint density at radius 2 is 1.63 bits per heavy atom. The molecule has 0 radical (unpaired) electrons. The minimum Gasteiger partial charge on any atom is -0.349 e. The Balaban J connectivity index is 1.68. The number of hydrogen-bond donors (Lipinski definition) is 2. The molecule has 6 heteroatoms. The molecular formula is C21H26N2O3S. The molecule has 1 aliphatic carbocycles. The van der Waals surface area contributed by atoms with Gasteiger partial charge in [-0.3, -0.25) is 9.52 Å². The van der Waals surface area contributed by atoms with Crippen molar-refractivity contribution in [2.24, 2.45) is 11.8 Å². The predicted octanol–water partition coefficient (Wildman–Crippen LogP) is 4.04. The van der Waals surface area contributed by atoms with Crippen LogP contribution in [0.2, 0.25) is 0 Å². The van der Waals surface area contributed by atoms with Crippen molar-refractivity contribution < 1.29 is 13.2 Å². The van der Waals surface area contributed by atoms with Crippen LogP contribution in [0.5, 0.6) is 0 Å². The number of rotatable bonds is 5. The molecule has 144 valence electrons. The minimum atomic E-state index is -3.68. The molecular weight excluding hydrogens is 360 g/mol. The van der Waals surface area contributed by atoms with E-state index in [1.807, 2.05) is 6.07 Å². The van der Waals surface area contributed by atoms with Crippen molar-refractivity contribution in [2.45, 2.75) is 44.0 Å². The van der Waals surface area contributed by atoms with Crippen molar-refractivity contribution in [2.75, 3.05) is 4.72 Å². The Morgan fingerprint density at radius 3 is 2.30 bits per heavy atom. The fourth-order valence-corrected chi connectivity index (χ4v) is 4.60. The van der Waals surface area contributed by atoms with Crippen LogP contribution in [0.4, 0.5) is 5.69 Å². The number of sulfonamides is 1. The Kier molecular flexibility index (Phi) is 5.85. The monoisotopic (exact) mass is 386 g/mol. The summed E-state index contributed by atoms with van der Waals surface area (Å²) in [6, 6.07) is 14.9. The van der Waals surface area contributed by atoms with Crippen LogP contribution in [0.3, 0.4) is 0 Å². The zero-order chi connectivity index (χ0) is 19.4. The first-order valence-electron chi connectivity index (χ1n) is 9.35. The van der Waals surface area contributed by atoms with E-state index in [9.17, 15) is 13.2 Å². The molecule has 0 aliphatic heterocycles. The second kappa shape index (κ2) is 8.13. The molecule has 2 aromatic carbocycles. The number of nitrogens with one attached hydrogen (secondary N) is 2. The fourth-order valence-electron chi connectivity index (χ4n) is 3.54. The highest BCUT2D eigenvalue weighted by molar-refractivity contribution is 7.92. The Hall–Kier alpha value is -2.34. The third-order valence-electron chi connectivity index (χ3n) is 5.48. The Labute approximate surface area is 161 Å². The highest BCUT2D eigenvalue weighted by Gasteiger charge is 2.28.